The number of hydrogen-bond donors (Lipinski definition) is 0. The molecule has 0 aliphatic carbocycles. The van der Waals surface area contributed by atoms with Crippen LogP contribution in [0.25, 0.3) is 0 Å². The molecular weight excluding hydrogens is 472 g/mol. The predicted octanol–water partition coefficient (Wildman–Crippen LogP) is 7.58. The summed E-state index contributed by atoms with van der Waals surface area (Å²) in [5, 5.41) is 0. The van der Waals surface area contributed by atoms with Gasteiger partial charge >= 0.3 is 0 Å². The van der Waals surface area contributed by atoms with Crippen LogP contribution in [0.1, 0.15) is 115 Å². The first-order valence-corrected chi connectivity index (χ1v) is 17.5. The van der Waals surface area contributed by atoms with E-state index in [1.165, 1.54) is 0 Å². The minimum atomic E-state index is -1.91. The highest BCUT2D eigenvalue weighted by Gasteiger charge is 2.42. The van der Waals surface area contributed by atoms with Crippen LogP contribution in [0.5, 0.6) is 0 Å². The van der Waals surface area contributed by atoms with E-state index in [1.807, 2.05) is 0 Å². The summed E-state index contributed by atoms with van der Waals surface area (Å²) in [6, 6.07) is -0.155. The number of amides is 1. The third kappa shape index (κ3) is 8.43. The Morgan fingerprint density at radius 1 is 0.946 bits per heavy atom. The summed E-state index contributed by atoms with van der Waals surface area (Å²) in [6.45, 7) is 26.5. The van der Waals surface area contributed by atoms with Gasteiger partial charge < -0.3 is 4.90 Å². The highest BCUT2D eigenvalue weighted by molar-refractivity contribution is 6.90. The van der Waals surface area contributed by atoms with Gasteiger partial charge in [-0.2, -0.15) is 0 Å². The standard InChI is InChI=1S/C32H60N2O2Si/c1-13-19-34(29(23(3)4)18-21-37(24(5)6,25(7)8)26(9)10)32(36)28(27(11)14-2)22-31(35)30-17-15-16-20-33(30)12/h23-30H,13-17,19-20,22H2,1-12H3/t27-,28-,29+,30+/m0/s1. The molecule has 1 rings (SSSR count). The molecule has 0 radical (unpaired) electrons. The van der Waals surface area contributed by atoms with Gasteiger partial charge in [-0.05, 0) is 61.3 Å². The summed E-state index contributed by atoms with van der Waals surface area (Å²) in [5.41, 5.74) is 5.58. The van der Waals surface area contributed by atoms with Crippen LogP contribution in [0.2, 0.25) is 16.6 Å². The Morgan fingerprint density at radius 2 is 1.51 bits per heavy atom. The van der Waals surface area contributed by atoms with Gasteiger partial charge in [0.05, 0.1) is 12.1 Å². The molecule has 214 valence electrons. The van der Waals surface area contributed by atoms with Gasteiger partial charge in [-0.3, -0.25) is 14.5 Å². The van der Waals surface area contributed by atoms with E-state index in [-0.39, 0.29) is 41.5 Å². The van der Waals surface area contributed by atoms with Crippen molar-refractivity contribution in [2.24, 2.45) is 17.8 Å². The Hall–Kier alpha value is -1.12. The Labute approximate surface area is 231 Å². The molecule has 1 aliphatic heterocycles. The molecule has 1 aliphatic rings. The van der Waals surface area contributed by atoms with E-state index < -0.39 is 8.07 Å². The normalized spacial score (nSPS) is 19.6. The lowest BCUT2D eigenvalue weighted by atomic mass is 9.83. The van der Waals surface area contributed by atoms with Crippen LogP contribution in [0.4, 0.5) is 0 Å². The van der Waals surface area contributed by atoms with Gasteiger partial charge in [-0.1, -0.05) is 94.9 Å². The van der Waals surface area contributed by atoms with Crippen molar-refractivity contribution in [3.8, 4) is 11.5 Å². The number of rotatable bonds is 13. The van der Waals surface area contributed by atoms with E-state index in [0.717, 1.165) is 38.6 Å². The van der Waals surface area contributed by atoms with Crippen LogP contribution < -0.4 is 0 Å². The number of carbonyl (C=O) groups excluding carboxylic acids is 2. The zero-order chi connectivity index (χ0) is 28.5. The van der Waals surface area contributed by atoms with Crippen molar-refractivity contribution in [2.45, 2.75) is 143 Å². The monoisotopic (exact) mass is 532 g/mol. The van der Waals surface area contributed by atoms with E-state index in [1.54, 1.807) is 0 Å². The highest BCUT2D eigenvalue weighted by atomic mass is 28.3. The first-order valence-electron chi connectivity index (χ1n) is 15.3. The molecule has 1 saturated heterocycles. The summed E-state index contributed by atoms with van der Waals surface area (Å²) >= 11 is 0. The number of carbonyl (C=O) groups is 2. The van der Waals surface area contributed by atoms with Gasteiger partial charge in [0.25, 0.3) is 0 Å². The number of Topliss-reactive ketones (excluding diaryl/α,β-unsaturated/α-hetero) is 1. The zero-order valence-corrected chi connectivity index (χ0v) is 27.5. The zero-order valence-electron chi connectivity index (χ0n) is 26.5. The molecule has 0 N–H and O–H groups in total. The quantitative estimate of drug-likeness (QED) is 0.181. The topological polar surface area (TPSA) is 40.6 Å². The molecule has 37 heavy (non-hydrogen) atoms. The van der Waals surface area contributed by atoms with Crippen molar-refractivity contribution in [3.05, 3.63) is 0 Å². The molecule has 1 fully saturated rings. The summed E-state index contributed by atoms with van der Waals surface area (Å²) in [7, 11) is 0.149. The van der Waals surface area contributed by atoms with Gasteiger partial charge in [0.1, 0.15) is 8.07 Å². The first-order chi connectivity index (χ1) is 17.3. The van der Waals surface area contributed by atoms with Gasteiger partial charge in [0.15, 0.2) is 5.78 Å². The lowest BCUT2D eigenvalue weighted by Crippen LogP contribution is -2.50. The minimum Gasteiger partial charge on any atom is -0.328 e. The molecule has 1 heterocycles. The fourth-order valence-electron chi connectivity index (χ4n) is 6.73. The van der Waals surface area contributed by atoms with E-state index in [0.29, 0.717) is 29.6 Å². The molecule has 0 aromatic rings. The minimum absolute atomic E-state index is 0.0387. The average molecular weight is 533 g/mol. The van der Waals surface area contributed by atoms with Crippen molar-refractivity contribution < 1.29 is 9.59 Å². The second kappa shape index (κ2) is 15.5. The number of nitrogens with zero attached hydrogens (tertiary/aromatic N) is 2. The van der Waals surface area contributed by atoms with Crippen LogP contribution in [-0.4, -0.2) is 61.8 Å². The number of likely N-dealkylation sites (tertiary alicyclic amines) is 1. The highest BCUT2D eigenvalue weighted by Crippen LogP contribution is 2.41. The van der Waals surface area contributed by atoms with Crippen LogP contribution >= 0.6 is 0 Å². The van der Waals surface area contributed by atoms with E-state index >= 15 is 0 Å². The SMILES string of the molecule is CCCN(C(=O)[C@@H](CC(=O)[C@H]1CCCCN1C)[C@@H](C)CC)[C@H](C#C[Si](C(C)C)(C(C)C)C(C)C)C(C)C. The third-order valence-electron chi connectivity index (χ3n) is 9.23. The van der Waals surface area contributed by atoms with Crippen molar-refractivity contribution in [3.63, 3.8) is 0 Å². The van der Waals surface area contributed by atoms with Gasteiger partial charge in [0.2, 0.25) is 5.91 Å². The maximum absolute atomic E-state index is 14.3. The number of ketones is 1. The Bertz CT molecular complexity index is 758. The van der Waals surface area contributed by atoms with Crippen LogP contribution in [-0.2, 0) is 9.59 Å². The smallest absolute Gasteiger partial charge is 0.227 e. The predicted molar refractivity (Wildman–Crippen MR) is 162 cm³/mol. The summed E-state index contributed by atoms with van der Waals surface area (Å²) in [5.74, 6) is 4.24. The van der Waals surface area contributed by atoms with Crippen molar-refractivity contribution >= 4 is 19.8 Å². The fraction of sp³-hybridized carbons (Fsp3) is 0.875. The fourth-order valence-corrected chi connectivity index (χ4v) is 12.0. The molecule has 0 aromatic heterocycles. The Balaban J connectivity index is 3.44. The number of hydrogen-bond acceptors (Lipinski definition) is 3. The van der Waals surface area contributed by atoms with E-state index in [9.17, 15) is 9.59 Å². The lowest BCUT2D eigenvalue weighted by Gasteiger charge is -2.39. The largest absolute Gasteiger partial charge is 0.328 e. The molecule has 0 saturated carbocycles. The number of piperidine rings is 1. The Kier molecular flexibility index (Phi) is 14.2. The molecule has 4 atom stereocenters. The first kappa shape index (κ1) is 33.9. The molecule has 5 heteroatoms. The van der Waals surface area contributed by atoms with Crippen molar-refractivity contribution in [2.75, 3.05) is 20.1 Å². The number of likely N-dealkylation sites (N-methyl/N-ethyl adjacent to an activating group) is 1. The van der Waals surface area contributed by atoms with Crippen LogP contribution in [0.3, 0.4) is 0 Å². The van der Waals surface area contributed by atoms with Crippen molar-refractivity contribution in [1.82, 2.24) is 9.80 Å². The molecule has 0 unspecified atom stereocenters. The van der Waals surface area contributed by atoms with E-state index in [2.05, 4.69) is 104 Å². The van der Waals surface area contributed by atoms with Crippen LogP contribution in [0.15, 0.2) is 0 Å². The summed E-state index contributed by atoms with van der Waals surface area (Å²) in [4.78, 5) is 32.0. The summed E-state index contributed by atoms with van der Waals surface area (Å²) < 4.78 is 0. The van der Waals surface area contributed by atoms with Gasteiger partial charge in [-0.15, -0.1) is 5.54 Å². The maximum Gasteiger partial charge on any atom is 0.227 e. The molecule has 0 bridgehead atoms. The summed E-state index contributed by atoms with van der Waals surface area (Å²) in [6.07, 6.45) is 5.31. The second-order valence-corrected chi connectivity index (χ2v) is 18.6. The molecule has 0 spiro atoms. The van der Waals surface area contributed by atoms with Crippen LogP contribution in [0, 0.1) is 29.2 Å². The molecule has 4 nitrogen and oxygen atoms in total. The maximum atomic E-state index is 14.3. The molecular formula is C32H60N2O2Si. The lowest BCUT2D eigenvalue weighted by molar-refractivity contribution is -0.142. The molecule has 1 amide bonds. The van der Waals surface area contributed by atoms with Gasteiger partial charge in [-0.25, -0.2) is 0 Å². The Morgan fingerprint density at radius 3 is 1.95 bits per heavy atom. The van der Waals surface area contributed by atoms with E-state index in [4.69, 9.17) is 0 Å². The molecule has 0 aromatic carbocycles. The second-order valence-electron chi connectivity index (χ2n) is 13.0. The van der Waals surface area contributed by atoms with Crippen molar-refractivity contribution in [1.29, 1.82) is 0 Å². The average Bonchev–Trinajstić information content (AvgIpc) is 2.82. The third-order valence-corrected chi connectivity index (χ3v) is 15.5. The van der Waals surface area contributed by atoms with Gasteiger partial charge in [0, 0.05) is 18.9 Å².